The van der Waals surface area contributed by atoms with Gasteiger partial charge in [0.05, 0.1) is 6.54 Å². The lowest BCUT2D eigenvalue weighted by Crippen LogP contribution is -2.57. The number of nitrogens with one attached hydrogen (secondary N) is 4. The van der Waals surface area contributed by atoms with Crippen LogP contribution in [0.4, 0.5) is 0 Å². The Morgan fingerprint density at radius 2 is 1.55 bits per heavy atom. The number of aromatic amines is 1. The summed E-state index contributed by atoms with van der Waals surface area (Å²) in [7, 11) is 1.52. The fourth-order valence-electron chi connectivity index (χ4n) is 6.72. The third kappa shape index (κ3) is 8.86. The molecule has 3 aromatic rings. The molecule has 2 fully saturated rings. The summed E-state index contributed by atoms with van der Waals surface area (Å²) in [5.41, 5.74) is 2.59. The molecule has 2 saturated heterocycles. The molecule has 0 bridgehead atoms. The van der Waals surface area contributed by atoms with E-state index in [1.807, 2.05) is 60.8 Å². The van der Waals surface area contributed by atoms with Crippen LogP contribution in [0.1, 0.15) is 44.7 Å². The minimum absolute atomic E-state index is 0.0943. The number of fused-ring (bicyclic) bond motifs is 1. The number of hydrogen-bond donors (Lipinski definition) is 4. The molecule has 5 amide bonds. The number of aromatic nitrogens is 1. The minimum atomic E-state index is -1.01. The van der Waals surface area contributed by atoms with Crippen LogP contribution in [0.25, 0.3) is 10.9 Å². The summed E-state index contributed by atoms with van der Waals surface area (Å²) < 4.78 is 0. The molecule has 0 radical (unpaired) electrons. The molecule has 12 nitrogen and oxygen atoms in total. The van der Waals surface area contributed by atoms with Gasteiger partial charge >= 0.3 is 0 Å². The monoisotopic (exact) mass is 671 g/mol. The van der Waals surface area contributed by atoms with E-state index in [9.17, 15) is 24.0 Å². The minimum Gasteiger partial charge on any atom is -0.361 e. The average Bonchev–Trinajstić information content (AvgIpc) is 3.51. The second-order valence-corrected chi connectivity index (χ2v) is 13.5. The van der Waals surface area contributed by atoms with Crippen LogP contribution in [0.5, 0.6) is 0 Å². The highest BCUT2D eigenvalue weighted by Crippen LogP contribution is 2.22. The van der Waals surface area contributed by atoms with Gasteiger partial charge in [-0.1, -0.05) is 48.5 Å². The highest BCUT2D eigenvalue weighted by molar-refractivity contribution is 5.95. The van der Waals surface area contributed by atoms with Crippen molar-refractivity contribution in [2.24, 2.45) is 5.92 Å². The number of likely N-dealkylation sites (N-methyl/N-ethyl adjacent to an activating group) is 1. The van der Waals surface area contributed by atoms with Crippen LogP contribution in [0, 0.1) is 5.92 Å². The molecule has 5 rings (SSSR count). The predicted molar refractivity (Wildman–Crippen MR) is 187 cm³/mol. The normalized spacial score (nSPS) is 22.8. The Hall–Kier alpha value is -4.71. The van der Waals surface area contributed by atoms with Crippen molar-refractivity contribution in [3.8, 4) is 0 Å². The van der Waals surface area contributed by atoms with Crippen molar-refractivity contribution in [3.63, 3.8) is 0 Å². The standard InChI is InChI=1S/C37H49N7O5/c1-24(2)43-17-14-27(15-18-43)36(48)44-19-16-38-35(47)31(20-26-10-6-5-7-11-26)41-34(46)25(3)42(4)37(49)32(40-33(45)23-44)21-28-22-39-30-13-9-8-12-29(28)30/h5-13,22,24-25,27,31-32,39H,14-21,23H2,1-4H3,(H,38,47)(H,40,45)(H,41,46)/t25-,31-,32-/m0/s1. The van der Waals surface area contributed by atoms with E-state index in [-0.39, 0.29) is 44.3 Å². The number of para-hydroxylation sites is 1. The van der Waals surface area contributed by atoms with E-state index >= 15 is 0 Å². The van der Waals surface area contributed by atoms with Crippen LogP contribution < -0.4 is 16.0 Å². The molecule has 0 spiro atoms. The molecule has 12 heteroatoms. The lowest BCUT2D eigenvalue weighted by molar-refractivity contribution is -0.143. The highest BCUT2D eigenvalue weighted by Gasteiger charge is 2.35. The number of piperidine rings is 1. The maximum atomic E-state index is 14.1. The van der Waals surface area contributed by atoms with Gasteiger partial charge in [-0.3, -0.25) is 24.0 Å². The highest BCUT2D eigenvalue weighted by atomic mass is 16.2. The molecule has 0 saturated carbocycles. The van der Waals surface area contributed by atoms with Crippen LogP contribution in [-0.2, 0) is 36.8 Å². The fourth-order valence-corrected chi connectivity index (χ4v) is 6.72. The van der Waals surface area contributed by atoms with Gasteiger partial charge in [0.25, 0.3) is 0 Å². The van der Waals surface area contributed by atoms with Crippen molar-refractivity contribution in [1.82, 2.24) is 35.6 Å². The SMILES string of the molecule is CC(C)N1CCC(C(=O)N2CCNC(=O)[C@H](Cc3ccccc3)NC(=O)[C@H](C)N(C)C(=O)[C@H](Cc3c[nH]c4ccccc34)NC(=O)C2)CC1. The van der Waals surface area contributed by atoms with Gasteiger partial charge in [-0.15, -0.1) is 0 Å². The Kier molecular flexibility index (Phi) is 11.7. The number of hydrogen-bond acceptors (Lipinski definition) is 6. The topological polar surface area (TPSA) is 147 Å². The summed E-state index contributed by atoms with van der Waals surface area (Å²) in [5.74, 6) is -2.24. The largest absolute Gasteiger partial charge is 0.361 e. The van der Waals surface area contributed by atoms with Crippen LogP contribution >= 0.6 is 0 Å². The summed E-state index contributed by atoms with van der Waals surface area (Å²) in [6, 6.07) is 14.6. The third-order valence-electron chi connectivity index (χ3n) is 9.89. The van der Waals surface area contributed by atoms with Crippen molar-refractivity contribution >= 4 is 40.4 Å². The van der Waals surface area contributed by atoms with Crippen LogP contribution in [0.15, 0.2) is 60.8 Å². The lowest BCUT2D eigenvalue weighted by Gasteiger charge is -2.36. The first-order chi connectivity index (χ1) is 23.5. The number of nitrogens with zero attached hydrogens (tertiary/aromatic N) is 3. The Balaban J connectivity index is 1.43. The molecule has 4 N–H and O–H groups in total. The first kappa shape index (κ1) is 35.6. The number of carbonyl (C=O) groups excluding carboxylic acids is 5. The zero-order valence-corrected chi connectivity index (χ0v) is 28.9. The molecule has 0 unspecified atom stereocenters. The van der Waals surface area contributed by atoms with Gasteiger partial charge in [0.15, 0.2) is 0 Å². The summed E-state index contributed by atoms with van der Waals surface area (Å²) in [4.78, 5) is 77.2. The molecule has 49 heavy (non-hydrogen) atoms. The zero-order chi connectivity index (χ0) is 35.1. The van der Waals surface area contributed by atoms with E-state index in [1.54, 1.807) is 6.92 Å². The van der Waals surface area contributed by atoms with Gasteiger partial charge < -0.3 is 35.6 Å². The lowest BCUT2D eigenvalue weighted by atomic mass is 9.94. The van der Waals surface area contributed by atoms with Gasteiger partial charge in [0, 0.05) is 62.0 Å². The number of benzene rings is 2. The van der Waals surface area contributed by atoms with Crippen molar-refractivity contribution in [2.75, 3.05) is 39.8 Å². The number of H-pyrrole nitrogens is 1. The van der Waals surface area contributed by atoms with Gasteiger partial charge in [-0.2, -0.15) is 0 Å². The maximum absolute atomic E-state index is 14.1. The maximum Gasteiger partial charge on any atom is 0.245 e. The van der Waals surface area contributed by atoms with Crippen molar-refractivity contribution in [3.05, 3.63) is 71.9 Å². The number of likely N-dealkylation sites (tertiary alicyclic amines) is 1. The van der Waals surface area contributed by atoms with E-state index in [2.05, 4.69) is 39.7 Å². The quantitative estimate of drug-likeness (QED) is 0.315. The van der Waals surface area contributed by atoms with E-state index < -0.39 is 41.8 Å². The number of amides is 5. The third-order valence-corrected chi connectivity index (χ3v) is 9.89. The molecular weight excluding hydrogens is 622 g/mol. The molecule has 2 aliphatic heterocycles. The number of carbonyl (C=O) groups is 5. The predicted octanol–water partition coefficient (Wildman–Crippen LogP) is 1.85. The molecule has 3 atom stereocenters. The van der Waals surface area contributed by atoms with Crippen LogP contribution in [-0.4, -0.2) is 113 Å². The second-order valence-electron chi connectivity index (χ2n) is 13.5. The van der Waals surface area contributed by atoms with Gasteiger partial charge in [0.2, 0.25) is 29.5 Å². The van der Waals surface area contributed by atoms with Gasteiger partial charge in [0.1, 0.15) is 18.1 Å². The summed E-state index contributed by atoms with van der Waals surface area (Å²) in [5, 5.41) is 9.56. The summed E-state index contributed by atoms with van der Waals surface area (Å²) in [6.07, 6.45) is 3.59. The Morgan fingerprint density at radius 3 is 2.27 bits per heavy atom. The Morgan fingerprint density at radius 1 is 0.857 bits per heavy atom. The Labute approximate surface area is 287 Å². The average molecular weight is 672 g/mol. The van der Waals surface area contributed by atoms with Gasteiger partial charge in [-0.05, 0) is 63.9 Å². The number of rotatable bonds is 6. The fraction of sp³-hybridized carbons (Fsp3) is 0.486. The molecule has 2 aromatic carbocycles. The molecule has 0 aliphatic carbocycles. The van der Waals surface area contributed by atoms with Crippen molar-refractivity contribution in [1.29, 1.82) is 0 Å². The summed E-state index contributed by atoms with van der Waals surface area (Å²) in [6.45, 7) is 7.38. The molecular formula is C37H49N7O5. The molecule has 1 aromatic heterocycles. The molecule has 3 heterocycles. The van der Waals surface area contributed by atoms with Crippen LogP contribution in [0.3, 0.4) is 0 Å². The Bertz CT molecular complexity index is 1630. The van der Waals surface area contributed by atoms with E-state index in [0.717, 1.165) is 35.1 Å². The van der Waals surface area contributed by atoms with Crippen molar-refractivity contribution in [2.45, 2.75) is 70.6 Å². The van der Waals surface area contributed by atoms with E-state index in [1.165, 1.54) is 16.8 Å². The van der Waals surface area contributed by atoms with Gasteiger partial charge in [-0.25, -0.2) is 0 Å². The first-order valence-corrected chi connectivity index (χ1v) is 17.3. The molecule has 262 valence electrons. The van der Waals surface area contributed by atoms with Crippen LogP contribution in [0.2, 0.25) is 0 Å². The summed E-state index contributed by atoms with van der Waals surface area (Å²) >= 11 is 0. The molecule has 2 aliphatic rings. The first-order valence-electron chi connectivity index (χ1n) is 17.3. The van der Waals surface area contributed by atoms with Crippen molar-refractivity contribution < 1.29 is 24.0 Å². The van der Waals surface area contributed by atoms with E-state index in [4.69, 9.17) is 0 Å². The second kappa shape index (κ2) is 16.1. The smallest absolute Gasteiger partial charge is 0.245 e. The van der Waals surface area contributed by atoms with E-state index in [0.29, 0.717) is 18.9 Å². The zero-order valence-electron chi connectivity index (χ0n) is 28.9.